The molecule has 2 unspecified atom stereocenters. The fraction of sp³-hybridized carbons (Fsp3) is 0.520. The van der Waals surface area contributed by atoms with Gasteiger partial charge in [0.05, 0.1) is 32.7 Å². The fourth-order valence-electron chi connectivity index (χ4n) is 4.93. The molecule has 0 aromatic heterocycles. The number of hydrogen-bond donors (Lipinski definition) is 3. The van der Waals surface area contributed by atoms with Crippen LogP contribution in [-0.4, -0.2) is 65.7 Å². The summed E-state index contributed by atoms with van der Waals surface area (Å²) in [5.41, 5.74) is 0. The monoisotopic (exact) mass is 869 g/mol. The molecule has 0 bridgehead atoms. The van der Waals surface area contributed by atoms with E-state index in [4.69, 9.17) is 19.1 Å². The van der Waals surface area contributed by atoms with Gasteiger partial charge in [0.1, 0.15) is 12.7 Å². The molecule has 11 heteroatoms. The molecule has 342 valence electrons. The van der Waals surface area contributed by atoms with Crippen LogP contribution >= 0.6 is 7.82 Å². The highest BCUT2D eigenvalue weighted by molar-refractivity contribution is 7.47. The predicted octanol–water partition coefficient (Wildman–Crippen LogP) is 12.1. The molecule has 0 aromatic rings. The van der Waals surface area contributed by atoms with Gasteiger partial charge in [-0.25, -0.2) is 4.57 Å². The maximum atomic E-state index is 12.6. The minimum absolute atomic E-state index is 0.0206. The minimum atomic E-state index is -4.68. The lowest BCUT2D eigenvalue weighted by atomic mass is 10.1. The van der Waals surface area contributed by atoms with Crippen LogP contribution in [0.5, 0.6) is 0 Å². The second kappa shape index (κ2) is 44.2. The zero-order valence-corrected chi connectivity index (χ0v) is 38.0. The fourth-order valence-corrected chi connectivity index (χ4v) is 5.72. The Morgan fingerprint density at radius 2 is 0.885 bits per heavy atom. The number of allylic oxidation sites excluding steroid dienone is 20. The number of esters is 2. The van der Waals surface area contributed by atoms with Crippen molar-refractivity contribution in [3.05, 3.63) is 134 Å². The van der Waals surface area contributed by atoms with Crippen LogP contribution in [0.15, 0.2) is 134 Å². The number of phosphoric acid groups is 1. The molecule has 0 aromatic carbocycles. The summed E-state index contributed by atoms with van der Waals surface area (Å²) in [4.78, 5) is 34.9. The van der Waals surface area contributed by atoms with Crippen LogP contribution in [0.25, 0.3) is 0 Å². The smallest absolute Gasteiger partial charge is 0.461 e. The number of carbonyl (C=O) groups excluding carboxylic acids is 2. The second-order valence-electron chi connectivity index (χ2n) is 14.0. The van der Waals surface area contributed by atoms with E-state index in [2.05, 4.69) is 103 Å². The maximum absolute atomic E-state index is 12.6. The van der Waals surface area contributed by atoms with Gasteiger partial charge in [0.25, 0.3) is 0 Å². The highest BCUT2D eigenvalue weighted by atomic mass is 31.2. The number of phosphoric ester groups is 1. The summed E-state index contributed by atoms with van der Waals surface area (Å²) in [5.74, 6) is -1.24. The number of rotatable bonds is 39. The highest BCUT2D eigenvalue weighted by Crippen LogP contribution is 2.43. The van der Waals surface area contributed by atoms with E-state index in [1.165, 1.54) is 32.1 Å². The lowest BCUT2D eigenvalue weighted by Crippen LogP contribution is -2.29. The molecular formula is C50H77O10P. The Kier molecular flexibility index (Phi) is 41.4. The van der Waals surface area contributed by atoms with Crippen molar-refractivity contribution >= 4 is 19.8 Å². The number of hydrogen-bond acceptors (Lipinski definition) is 9. The van der Waals surface area contributed by atoms with Crippen molar-refractivity contribution in [3.63, 3.8) is 0 Å². The summed E-state index contributed by atoms with van der Waals surface area (Å²) in [6.07, 6.45) is 59.0. The third-order valence-corrected chi connectivity index (χ3v) is 9.27. The first-order valence-electron chi connectivity index (χ1n) is 22.1. The van der Waals surface area contributed by atoms with Gasteiger partial charge in [0.2, 0.25) is 0 Å². The Labute approximate surface area is 368 Å². The van der Waals surface area contributed by atoms with Crippen molar-refractivity contribution in [2.75, 3.05) is 26.4 Å². The van der Waals surface area contributed by atoms with Crippen LogP contribution in [0, 0.1) is 0 Å². The Balaban J connectivity index is 4.61. The van der Waals surface area contributed by atoms with Gasteiger partial charge in [0.15, 0.2) is 6.10 Å². The lowest BCUT2D eigenvalue weighted by molar-refractivity contribution is -0.160. The van der Waals surface area contributed by atoms with Gasteiger partial charge in [-0.05, 0) is 77.0 Å². The number of aliphatic hydroxyl groups excluding tert-OH is 2. The zero-order chi connectivity index (χ0) is 44.8. The van der Waals surface area contributed by atoms with Gasteiger partial charge in [-0.3, -0.25) is 18.6 Å². The van der Waals surface area contributed by atoms with Crippen molar-refractivity contribution in [1.29, 1.82) is 0 Å². The van der Waals surface area contributed by atoms with Crippen molar-refractivity contribution in [2.24, 2.45) is 0 Å². The standard InChI is InChI=1S/C50H77O10P/c1-3-5-7-9-11-13-15-17-19-21-23-25-27-29-31-33-35-37-39-41-49(53)57-45-48(46-59-61(55,56)58-44-47(52)43-51)60-50(54)42-40-38-36-34-32-30-28-26-24-22-20-18-16-14-12-10-8-6-4-2/h7,9,13-16,19-22,25-28,31-34,37-40,47-48,51-52H,3-6,8,10-12,17-18,23-24,29-30,35-36,41-46H2,1-2H3,(H,55,56)/t47?,48-/m1/s1. The third kappa shape index (κ3) is 44.0. The molecule has 10 nitrogen and oxygen atoms in total. The first-order chi connectivity index (χ1) is 29.7. The van der Waals surface area contributed by atoms with E-state index in [-0.39, 0.29) is 12.8 Å². The molecule has 0 heterocycles. The molecule has 0 saturated carbocycles. The van der Waals surface area contributed by atoms with Crippen LogP contribution in [0.2, 0.25) is 0 Å². The normalized spacial score (nSPS) is 15.0. The van der Waals surface area contributed by atoms with Crippen molar-refractivity contribution in [2.45, 2.75) is 142 Å². The van der Waals surface area contributed by atoms with E-state index in [9.17, 15) is 24.2 Å². The van der Waals surface area contributed by atoms with Crippen LogP contribution in [0.4, 0.5) is 0 Å². The van der Waals surface area contributed by atoms with Gasteiger partial charge < -0.3 is 24.6 Å². The first-order valence-corrected chi connectivity index (χ1v) is 23.6. The molecule has 3 N–H and O–H groups in total. The van der Waals surface area contributed by atoms with E-state index in [1.54, 1.807) is 12.2 Å². The van der Waals surface area contributed by atoms with E-state index < -0.39 is 58.4 Å². The summed E-state index contributed by atoms with van der Waals surface area (Å²) in [6.45, 7) is 2.04. The SMILES string of the molecule is CCCC=CCC=CCC=CCC=CCC=CCC=CCC(=O)OC[C@H](COP(=O)(O)OCC(O)CO)OC(=O)CC=CCC=CCC=CCC=CCC=CCCCCCC. The van der Waals surface area contributed by atoms with Gasteiger partial charge >= 0.3 is 19.8 Å². The summed E-state index contributed by atoms with van der Waals surface area (Å²) in [5, 5.41) is 18.3. The highest BCUT2D eigenvalue weighted by Gasteiger charge is 2.27. The molecule has 0 fully saturated rings. The number of aliphatic hydroxyl groups is 2. The predicted molar refractivity (Wildman–Crippen MR) is 251 cm³/mol. The lowest BCUT2D eigenvalue weighted by Gasteiger charge is -2.20. The van der Waals surface area contributed by atoms with Gasteiger partial charge in [0, 0.05) is 0 Å². The maximum Gasteiger partial charge on any atom is 0.472 e. The Hall–Kier alpha value is -3.89. The Morgan fingerprint density at radius 3 is 1.31 bits per heavy atom. The van der Waals surface area contributed by atoms with Crippen molar-refractivity contribution in [1.82, 2.24) is 0 Å². The van der Waals surface area contributed by atoms with E-state index >= 15 is 0 Å². The van der Waals surface area contributed by atoms with Crippen molar-refractivity contribution < 1.29 is 47.8 Å². The summed E-state index contributed by atoms with van der Waals surface area (Å²) >= 11 is 0. The molecule has 0 aliphatic heterocycles. The van der Waals surface area contributed by atoms with Crippen LogP contribution < -0.4 is 0 Å². The minimum Gasteiger partial charge on any atom is -0.461 e. The third-order valence-electron chi connectivity index (χ3n) is 8.32. The molecule has 0 rings (SSSR count). The Bertz CT molecular complexity index is 1460. The van der Waals surface area contributed by atoms with Gasteiger partial charge in [-0.1, -0.05) is 173 Å². The molecule has 0 saturated heterocycles. The van der Waals surface area contributed by atoms with Crippen LogP contribution in [-0.2, 0) is 32.7 Å². The average Bonchev–Trinajstić information content (AvgIpc) is 3.25. The quantitative estimate of drug-likeness (QED) is 0.0236. The molecule has 0 spiro atoms. The molecule has 3 atom stereocenters. The average molecular weight is 869 g/mol. The summed E-state index contributed by atoms with van der Waals surface area (Å²) in [6, 6.07) is 0. The summed E-state index contributed by atoms with van der Waals surface area (Å²) < 4.78 is 32.5. The van der Waals surface area contributed by atoms with E-state index in [1.807, 2.05) is 36.5 Å². The largest absolute Gasteiger partial charge is 0.472 e. The molecule has 0 aliphatic carbocycles. The number of carbonyl (C=O) groups is 2. The van der Waals surface area contributed by atoms with Gasteiger partial charge in [-0.15, -0.1) is 0 Å². The van der Waals surface area contributed by atoms with Gasteiger partial charge in [-0.2, -0.15) is 0 Å². The van der Waals surface area contributed by atoms with E-state index in [0.717, 1.165) is 57.8 Å². The number of ether oxygens (including phenoxy) is 2. The first kappa shape index (κ1) is 57.1. The summed E-state index contributed by atoms with van der Waals surface area (Å²) in [7, 11) is -4.68. The molecular weight excluding hydrogens is 792 g/mol. The topological polar surface area (TPSA) is 149 Å². The molecule has 61 heavy (non-hydrogen) atoms. The van der Waals surface area contributed by atoms with Crippen LogP contribution in [0.3, 0.4) is 0 Å². The van der Waals surface area contributed by atoms with E-state index in [0.29, 0.717) is 12.8 Å². The Morgan fingerprint density at radius 1 is 0.492 bits per heavy atom. The zero-order valence-electron chi connectivity index (χ0n) is 37.1. The second-order valence-corrected chi connectivity index (χ2v) is 15.5. The number of unbranched alkanes of at least 4 members (excludes halogenated alkanes) is 5. The molecule has 0 radical (unpaired) electrons. The van der Waals surface area contributed by atoms with Crippen molar-refractivity contribution in [3.8, 4) is 0 Å². The van der Waals surface area contributed by atoms with Crippen LogP contribution in [0.1, 0.15) is 129 Å². The molecule has 0 amide bonds. The molecule has 0 aliphatic rings.